The number of nitrogens with one attached hydrogen (secondary N) is 2. The molecule has 2 aliphatic heterocycles. The Morgan fingerprint density at radius 2 is 1.83 bits per heavy atom. The molecule has 8 heteroatoms. The number of hydrogen-bond acceptors (Lipinski definition) is 3. The van der Waals surface area contributed by atoms with Crippen molar-refractivity contribution in [1.82, 2.24) is 15.5 Å². The van der Waals surface area contributed by atoms with Gasteiger partial charge in [0.05, 0.1) is 0 Å². The van der Waals surface area contributed by atoms with Crippen LogP contribution in [0.3, 0.4) is 0 Å². The van der Waals surface area contributed by atoms with Crippen molar-refractivity contribution < 1.29 is 8.78 Å². The SMILES string of the molecule is CCNC(=NCCC1CCN(C)CC1)NC1CCN(c2c(F)cccc2F)C1.I. The quantitative estimate of drug-likeness (QED) is 0.342. The fraction of sp³-hybridized carbons (Fsp3) is 0.667. The van der Waals surface area contributed by atoms with Gasteiger partial charge in [-0.05, 0) is 70.8 Å². The van der Waals surface area contributed by atoms with E-state index in [9.17, 15) is 8.78 Å². The van der Waals surface area contributed by atoms with Crippen LogP contribution in [0.1, 0.15) is 32.6 Å². The van der Waals surface area contributed by atoms with Gasteiger partial charge in [-0.3, -0.25) is 4.99 Å². The van der Waals surface area contributed by atoms with Crippen LogP contribution in [0.5, 0.6) is 0 Å². The van der Waals surface area contributed by atoms with E-state index in [-0.39, 0.29) is 35.7 Å². The molecule has 2 saturated heterocycles. The zero-order valence-corrected chi connectivity index (χ0v) is 19.8. The fourth-order valence-corrected chi connectivity index (χ4v) is 4.10. The van der Waals surface area contributed by atoms with E-state index < -0.39 is 11.6 Å². The van der Waals surface area contributed by atoms with Gasteiger partial charge in [-0.15, -0.1) is 24.0 Å². The van der Waals surface area contributed by atoms with Crippen molar-refractivity contribution in [3.8, 4) is 0 Å². The van der Waals surface area contributed by atoms with Crippen molar-refractivity contribution in [2.45, 2.75) is 38.6 Å². The Morgan fingerprint density at radius 1 is 1.14 bits per heavy atom. The van der Waals surface area contributed by atoms with Gasteiger partial charge < -0.3 is 20.4 Å². The summed E-state index contributed by atoms with van der Waals surface area (Å²) in [6.45, 7) is 7.19. The lowest BCUT2D eigenvalue weighted by Crippen LogP contribution is -2.44. The minimum Gasteiger partial charge on any atom is -0.365 e. The summed E-state index contributed by atoms with van der Waals surface area (Å²) in [5, 5.41) is 6.74. The lowest BCUT2D eigenvalue weighted by atomic mass is 9.94. The molecule has 164 valence electrons. The van der Waals surface area contributed by atoms with Crippen LogP contribution in [0.25, 0.3) is 0 Å². The summed E-state index contributed by atoms with van der Waals surface area (Å²) in [6.07, 6.45) is 4.44. The first-order valence-corrected chi connectivity index (χ1v) is 10.5. The van der Waals surface area contributed by atoms with Crippen molar-refractivity contribution in [2.24, 2.45) is 10.9 Å². The van der Waals surface area contributed by atoms with E-state index in [1.54, 1.807) is 4.90 Å². The molecule has 1 aromatic carbocycles. The van der Waals surface area contributed by atoms with Crippen LogP contribution in [0.2, 0.25) is 0 Å². The third-order valence-electron chi connectivity index (χ3n) is 5.77. The second-order valence-corrected chi connectivity index (χ2v) is 7.94. The molecule has 1 aromatic rings. The van der Waals surface area contributed by atoms with Crippen LogP contribution in [0, 0.1) is 17.6 Å². The topological polar surface area (TPSA) is 42.9 Å². The van der Waals surface area contributed by atoms with E-state index in [1.807, 2.05) is 6.92 Å². The highest BCUT2D eigenvalue weighted by Crippen LogP contribution is 2.26. The molecular weight excluding hydrogens is 487 g/mol. The van der Waals surface area contributed by atoms with Gasteiger partial charge in [0.15, 0.2) is 5.96 Å². The predicted molar refractivity (Wildman–Crippen MR) is 126 cm³/mol. The molecule has 1 unspecified atom stereocenters. The predicted octanol–water partition coefficient (Wildman–Crippen LogP) is 3.45. The van der Waals surface area contributed by atoms with Gasteiger partial charge in [-0.25, -0.2) is 8.78 Å². The largest absolute Gasteiger partial charge is 0.365 e. The van der Waals surface area contributed by atoms with Crippen molar-refractivity contribution in [3.05, 3.63) is 29.8 Å². The van der Waals surface area contributed by atoms with Gasteiger partial charge in [-0.2, -0.15) is 0 Å². The lowest BCUT2D eigenvalue weighted by Gasteiger charge is -2.28. The Labute approximate surface area is 190 Å². The summed E-state index contributed by atoms with van der Waals surface area (Å²) >= 11 is 0. The Bertz CT molecular complexity index is 644. The minimum absolute atomic E-state index is 0. The van der Waals surface area contributed by atoms with E-state index in [0.717, 1.165) is 37.8 Å². The number of aliphatic imine (C=N–C) groups is 1. The first kappa shape index (κ1) is 24.1. The van der Waals surface area contributed by atoms with E-state index in [1.165, 1.54) is 44.1 Å². The molecule has 2 N–H and O–H groups in total. The highest BCUT2D eigenvalue weighted by molar-refractivity contribution is 14.0. The molecule has 0 saturated carbocycles. The van der Waals surface area contributed by atoms with Crippen LogP contribution in [0.15, 0.2) is 23.2 Å². The second kappa shape index (κ2) is 11.9. The Kier molecular flexibility index (Phi) is 9.88. The Balaban J connectivity index is 0.00000300. The van der Waals surface area contributed by atoms with Gasteiger partial charge in [0, 0.05) is 32.2 Å². The maximum atomic E-state index is 14.0. The van der Waals surface area contributed by atoms with Crippen LogP contribution < -0.4 is 15.5 Å². The molecule has 0 bridgehead atoms. The Hall–Kier alpha value is -1.16. The molecule has 3 rings (SSSR count). The van der Waals surface area contributed by atoms with Crippen LogP contribution in [-0.4, -0.2) is 63.2 Å². The van der Waals surface area contributed by atoms with Gasteiger partial charge in [0.25, 0.3) is 0 Å². The first-order chi connectivity index (χ1) is 13.6. The average molecular weight is 521 g/mol. The summed E-state index contributed by atoms with van der Waals surface area (Å²) in [7, 11) is 2.18. The van der Waals surface area contributed by atoms with Crippen molar-refractivity contribution in [1.29, 1.82) is 0 Å². The zero-order valence-electron chi connectivity index (χ0n) is 17.5. The second-order valence-electron chi connectivity index (χ2n) is 7.94. The van der Waals surface area contributed by atoms with Crippen molar-refractivity contribution >= 4 is 35.6 Å². The average Bonchev–Trinajstić information content (AvgIpc) is 3.11. The maximum absolute atomic E-state index is 14.0. The van der Waals surface area contributed by atoms with Gasteiger partial charge in [0.1, 0.15) is 17.3 Å². The van der Waals surface area contributed by atoms with E-state index >= 15 is 0 Å². The van der Waals surface area contributed by atoms with Crippen LogP contribution in [0.4, 0.5) is 14.5 Å². The summed E-state index contributed by atoms with van der Waals surface area (Å²) in [5.74, 6) is 0.559. The monoisotopic (exact) mass is 521 g/mol. The number of likely N-dealkylation sites (tertiary alicyclic amines) is 1. The molecule has 0 radical (unpaired) electrons. The minimum atomic E-state index is -0.501. The lowest BCUT2D eigenvalue weighted by molar-refractivity contribution is 0.214. The molecule has 5 nitrogen and oxygen atoms in total. The number of hydrogen-bond donors (Lipinski definition) is 2. The summed E-state index contributed by atoms with van der Waals surface area (Å²) in [4.78, 5) is 8.90. The molecule has 0 aliphatic carbocycles. The third-order valence-corrected chi connectivity index (χ3v) is 5.77. The van der Waals surface area contributed by atoms with Gasteiger partial charge in [0.2, 0.25) is 0 Å². The number of nitrogens with zero attached hydrogens (tertiary/aromatic N) is 3. The summed E-state index contributed by atoms with van der Waals surface area (Å²) < 4.78 is 28.1. The number of halogens is 3. The normalized spacial score (nSPS) is 21.2. The number of anilines is 1. The third kappa shape index (κ3) is 6.94. The van der Waals surface area contributed by atoms with Crippen LogP contribution in [-0.2, 0) is 0 Å². The molecule has 2 heterocycles. The molecule has 1 atom stereocenters. The molecule has 2 fully saturated rings. The van der Waals surface area contributed by atoms with Crippen molar-refractivity contribution in [2.75, 3.05) is 51.2 Å². The highest BCUT2D eigenvalue weighted by Gasteiger charge is 2.27. The summed E-state index contributed by atoms with van der Waals surface area (Å²) in [6, 6.07) is 4.15. The fourth-order valence-electron chi connectivity index (χ4n) is 4.10. The molecule has 0 amide bonds. The number of piperidine rings is 1. The van der Waals surface area contributed by atoms with Gasteiger partial charge >= 0.3 is 0 Å². The van der Waals surface area contributed by atoms with E-state index in [0.29, 0.717) is 13.1 Å². The van der Waals surface area contributed by atoms with Crippen LogP contribution >= 0.6 is 24.0 Å². The summed E-state index contributed by atoms with van der Waals surface area (Å²) in [5.41, 5.74) is 0.0796. The Morgan fingerprint density at radius 3 is 2.48 bits per heavy atom. The molecule has 0 aromatic heterocycles. The number of para-hydroxylation sites is 1. The van der Waals surface area contributed by atoms with E-state index in [4.69, 9.17) is 4.99 Å². The van der Waals surface area contributed by atoms with E-state index in [2.05, 4.69) is 22.6 Å². The number of guanidine groups is 1. The van der Waals surface area contributed by atoms with Crippen molar-refractivity contribution in [3.63, 3.8) is 0 Å². The molecule has 2 aliphatic rings. The number of rotatable bonds is 6. The molecule has 29 heavy (non-hydrogen) atoms. The zero-order chi connectivity index (χ0) is 19.9. The standard InChI is InChI=1S/C21H33F2N5.HI/c1-3-24-21(25-11-7-16-8-12-27(2)13-9-16)26-17-10-14-28(15-17)20-18(22)5-4-6-19(20)23;/h4-6,16-17H,3,7-15H2,1-2H3,(H2,24,25,26);1H. The highest BCUT2D eigenvalue weighted by atomic mass is 127. The first-order valence-electron chi connectivity index (χ1n) is 10.5. The molecule has 0 spiro atoms. The number of benzene rings is 1. The maximum Gasteiger partial charge on any atom is 0.191 e. The molecular formula is C21H34F2IN5. The smallest absolute Gasteiger partial charge is 0.191 e. The van der Waals surface area contributed by atoms with Gasteiger partial charge in [-0.1, -0.05) is 6.07 Å².